The summed E-state index contributed by atoms with van der Waals surface area (Å²) in [6, 6.07) is 3.34. The smallest absolute Gasteiger partial charge is 0.187 e. The van der Waals surface area contributed by atoms with Crippen LogP contribution in [0.2, 0.25) is 0 Å². The second-order valence-electron chi connectivity index (χ2n) is 5.82. The third kappa shape index (κ3) is 3.59. The summed E-state index contributed by atoms with van der Waals surface area (Å²) in [5.41, 5.74) is 6.38. The highest BCUT2D eigenvalue weighted by Crippen LogP contribution is 2.28. The molecule has 0 saturated carbocycles. The molecular weight excluding hydrogens is 311 g/mol. The van der Waals surface area contributed by atoms with E-state index in [4.69, 9.17) is 5.73 Å². The second-order valence-corrected chi connectivity index (χ2v) is 8.72. The monoisotopic (exact) mass is 328 g/mol. The molecule has 0 saturated heterocycles. The minimum atomic E-state index is -3.72. The average molecular weight is 328 g/mol. The molecule has 0 atom stereocenters. The minimum Gasteiger partial charge on any atom is -0.398 e. The lowest BCUT2D eigenvalue weighted by Gasteiger charge is -2.14. The van der Waals surface area contributed by atoms with E-state index in [-0.39, 0.29) is 21.8 Å². The summed E-state index contributed by atoms with van der Waals surface area (Å²) in [5, 5.41) is 2.32. The lowest BCUT2D eigenvalue weighted by molar-refractivity contribution is 0.570. The summed E-state index contributed by atoms with van der Waals surface area (Å²) in [4.78, 5) is 4.16. The first-order chi connectivity index (χ1) is 9.59. The number of halogens is 1. The number of nitrogen functional groups attached to an aromatic ring is 1. The Morgan fingerprint density at radius 2 is 2.00 bits per heavy atom. The molecule has 1 aromatic carbocycles. The van der Waals surface area contributed by atoms with Crippen LogP contribution in [0.5, 0.6) is 0 Å². The first-order valence-electron chi connectivity index (χ1n) is 6.32. The first-order valence-corrected chi connectivity index (χ1v) is 8.85. The van der Waals surface area contributed by atoms with Crippen LogP contribution in [0.1, 0.15) is 31.5 Å². The molecule has 2 N–H and O–H groups in total. The lowest BCUT2D eigenvalue weighted by Crippen LogP contribution is -2.12. The van der Waals surface area contributed by atoms with E-state index in [0.29, 0.717) is 5.01 Å². The zero-order chi connectivity index (χ0) is 15.8. The van der Waals surface area contributed by atoms with E-state index < -0.39 is 15.7 Å². The van der Waals surface area contributed by atoms with Crippen LogP contribution in [-0.2, 0) is 21.0 Å². The molecule has 1 aromatic heterocycles. The Hall–Kier alpha value is -1.47. The van der Waals surface area contributed by atoms with E-state index in [2.05, 4.69) is 4.98 Å². The maximum Gasteiger partial charge on any atom is 0.187 e. The van der Waals surface area contributed by atoms with E-state index in [1.165, 1.54) is 17.4 Å². The molecule has 0 aliphatic heterocycles. The minimum absolute atomic E-state index is 0.0454. The molecule has 0 bridgehead atoms. The summed E-state index contributed by atoms with van der Waals surface area (Å²) in [6.45, 7) is 6.01. The normalized spacial score (nSPS) is 12.6. The van der Waals surface area contributed by atoms with Gasteiger partial charge in [0.25, 0.3) is 0 Å². The van der Waals surface area contributed by atoms with Crippen LogP contribution in [0.3, 0.4) is 0 Å². The molecule has 0 spiro atoms. The molecule has 114 valence electrons. The van der Waals surface area contributed by atoms with Gasteiger partial charge in [-0.15, -0.1) is 11.3 Å². The number of hydrogen-bond acceptors (Lipinski definition) is 5. The van der Waals surface area contributed by atoms with Crippen molar-refractivity contribution in [2.45, 2.75) is 36.8 Å². The molecule has 0 radical (unpaired) electrons. The molecule has 2 rings (SSSR count). The topological polar surface area (TPSA) is 73.0 Å². The molecule has 2 aromatic rings. The molecule has 1 heterocycles. The maximum atomic E-state index is 13.2. The standard InChI is InChI=1S/C14H17FN2O2S2/c1-14(2,3)12-7-20-13(17-12)8-21(18,19)11-6-9(15)4-5-10(11)16/h4-7H,8,16H2,1-3H3. The van der Waals surface area contributed by atoms with Gasteiger partial charge in [-0.3, -0.25) is 0 Å². The summed E-state index contributed by atoms with van der Waals surface area (Å²) in [6.07, 6.45) is 0. The Labute approximate surface area is 127 Å². The van der Waals surface area contributed by atoms with Gasteiger partial charge in [0, 0.05) is 10.8 Å². The third-order valence-electron chi connectivity index (χ3n) is 2.94. The van der Waals surface area contributed by atoms with Gasteiger partial charge in [0.1, 0.15) is 16.6 Å². The Kier molecular flexibility index (Phi) is 4.08. The number of rotatable bonds is 3. The van der Waals surface area contributed by atoms with Gasteiger partial charge < -0.3 is 5.73 Å². The zero-order valence-electron chi connectivity index (χ0n) is 12.1. The van der Waals surface area contributed by atoms with Crippen molar-refractivity contribution >= 4 is 26.9 Å². The molecule has 21 heavy (non-hydrogen) atoms. The predicted octanol–water partition coefficient (Wildman–Crippen LogP) is 3.14. The molecule has 4 nitrogen and oxygen atoms in total. The van der Waals surface area contributed by atoms with Crippen LogP contribution in [0.4, 0.5) is 10.1 Å². The second kappa shape index (κ2) is 5.38. The largest absolute Gasteiger partial charge is 0.398 e. The van der Waals surface area contributed by atoms with Crippen molar-refractivity contribution in [3.63, 3.8) is 0 Å². The van der Waals surface area contributed by atoms with Crippen LogP contribution in [-0.4, -0.2) is 13.4 Å². The SMILES string of the molecule is CC(C)(C)c1csc(CS(=O)(=O)c2cc(F)ccc2N)n1. The van der Waals surface area contributed by atoms with Gasteiger partial charge in [0.2, 0.25) is 0 Å². The van der Waals surface area contributed by atoms with Crippen LogP contribution >= 0.6 is 11.3 Å². The van der Waals surface area contributed by atoms with Crippen molar-refractivity contribution in [3.8, 4) is 0 Å². The first kappa shape index (κ1) is 15.9. The van der Waals surface area contributed by atoms with Crippen molar-refractivity contribution in [1.82, 2.24) is 4.98 Å². The number of hydrogen-bond donors (Lipinski definition) is 1. The summed E-state index contributed by atoms with van der Waals surface area (Å²) in [5.74, 6) is -0.904. The summed E-state index contributed by atoms with van der Waals surface area (Å²) in [7, 11) is -3.72. The van der Waals surface area contributed by atoms with Gasteiger partial charge in [0.15, 0.2) is 9.84 Å². The van der Waals surface area contributed by atoms with Gasteiger partial charge in [-0.25, -0.2) is 17.8 Å². The number of nitrogens with two attached hydrogens (primary N) is 1. The van der Waals surface area contributed by atoms with E-state index in [0.717, 1.165) is 17.8 Å². The molecule has 0 aliphatic rings. The zero-order valence-corrected chi connectivity index (χ0v) is 13.7. The fraction of sp³-hybridized carbons (Fsp3) is 0.357. The van der Waals surface area contributed by atoms with Crippen LogP contribution in [0.15, 0.2) is 28.5 Å². The fourth-order valence-corrected chi connectivity index (χ4v) is 4.55. The van der Waals surface area contributed by atoms with Gasteiger partial charge in [-0.2, -0.15) is 0 Å². The fourth-order valence-electron chi connectivity index (χ4n) is 1.74. The maximum absolute atomic E-state index is 13.2. The van der Waals surface area contributed by atoms with Crippen molar-refractivity contribution in [2.24, 2.45) is 0 Å². The number of aromatic nitrogens is 1. The van der Waals surface area contributed by atoms with Gasteiger partial charge in [-0.05, 0) is 18.2 Å². The quantitative estimate of drug-likeness (QED) is 0.879. The summed E-state index contributed by atoms with van der Waals surface area (Å²) >= 11 is 1.28. The van der Waals surface area contributed by atoms with Crippen LogP contribution < -0.4 is 5.73 Å². The Morgan fingerprint density at radius 3 is 2.57 bits per heavy atom. The number of anilines is 1. The molecular formula is C14H17FN2O2S2. The molecule has 0 amide bonds. The number of nitrogens with zero attached hydrogens (tertiary/aromatic N) is 1. The van der Waals surface area contributed by atoms with Crippen molar-refractivity contribution in [1.29, 1.82) is 0 Å². The highest BCUT2D eigenvalue weighted by Gasteiger charge is 2.23. The highest BCUT2D eigenvalue weighted by atomic mass is 32.2. The van der Waals surface area contributed by atoms with Crippen molar-refractivity contribution in [3.05, 3.63) is 40.1 Å². The van der Waals surface area contributed by atoms with Gasteiger partial charge in [-0.1, -0.05) is 20.8 Å². The third-order valence-corrected chi connectivity index (χ3v) is 5.65. The van der Waals surface area contributed by atoms with Crippen molar-refractivity contribution in [2.75, 3.05) is 5.73 Å². The molecule has 0 aliphatic carbocycles. The molecule has 0 unspecified atom stereocenters. The van der Waals surface area contributed by atoms with Crippen LogP contribution in [0, 0.1) is 5.82 Å². The van der Waals surface area contributed by atoms with E-state index in [9.17, 15) is 12.8 Å². The number of thiazole rings is 1. The van der Waals surface area contributed by atoms with Gasteiger partial charge in [0.05, 0.1) is 16.3 Å². The number of sulfone groups is 1. The van der Waals surface area contributed by atoms with E-state index >= 15 is 0 Å². The average Bonchev–Trinajstić information content (AvgIpc) is 2.79. The van der Waals surface area contributed by atoms with Gasteiger partial charge >= 0.3 is 0 Å². The van der Waals surface area contributed by atoms with Crippen molar-refractivity contribution < 1.29 is 12.8 Å². The van der Waals surface area contributed by atoms with E-state index in [1.54, 1.807) is 0 Å². The van der Waals surface area contributed by atoms with E-state index in [1.807, 2.05) is 26.2 Å². The Morgan fingerprint density at radius 1 is 1.33 bits per heavy atom. The summed E-state index contributed by atoms with van der Waals surface area (Å²) < 4.78 is 38.0. The molecule has 0 fully saturated rings. The predicted molar refractivity (Wildman–Crippen MR) is 82.5 cm³/mol. The number of benzene rings is 1. The Bertz CT molecular complexity index is 762. The Balaban J connectivity index is 2.34. The lowest BCUT2D eigenvalue weighted by atomic mass is 9.93. The molecule has 7 heteroatoms. The van der Waals surface area contributed by atoms with Crippen LogP contribution in [0.25, 0.3) is 0 Å². The highest BCUT2D eigenvalue weighted by molar-refractivity contribution is 7.91.